The molecule has 1 heterocycles. The number of rotatable bonds is 4. The summed E-state index contributed by atoms with van der Waals surface area (Å²) in [5, 5.41) is 0. The van der Waals surface area contributed by atoms with Gasteiger partial charge in [-0.15, -0.1) is 11.8 Å². The van der Waals surface area contributed by atoms with Gasteiger partial charge in [0.1, 0.15) is 0 Å². The van der Waals surface area contributed by atoms with E-state index < -0.39 is 11.7 Å². The van der Waals surface area contributed by atoms with Gasteiger partial charge in [-0.25, -0.2) is 0 Å². The fourth-order valence-electron chi connectivity index (χ4n) is 2.05. The van der Waals surface area contributed by atoms with Crippen molar-refractivity contribution in [2.45, 2.75) is 18.0 Å². The van der Waals surface area contributed by atoms with Crippen molar-refractivity contribution in [3.05, 3.63) is 64.6 Å². The molecule has 0 N–H and O–H groups in total. The molecular formula is C17H16F3NOS. The fraction of sp³-hybridized carbons (Fsp3) is 0.235. The molecule has 2 nitrogen and oxygen atoms in total. The third-order valence-electron chi connectivity index (χ3n) is 3.10. The summed E-state index contributed by atoms with van der Waals surface area (Å²) in [5.41, 5.74) is 0.399. The zero-order valence-electron chi connectivity index (χ0n) is 12.8. The van der Waals surface area contributed by atoms with E-state index >= 15 is 0 Å². The van der Waals surface area contributed by atoms with Gasteiger partial charge in [0.2, 0.25) is 5.43 Å². The topological polar surface area (TPSA) is 22.0 Å². The Balaban J connectivity index is 2.52. The third kappa shape index (κ3) is 4.28. The van der Waals surface area contributed by atoms with Gasteiger partial charge in [-0.05, 0) is 24.6 Å². The predicted octanol–water partition coefficient (Wildman–Crippen LogP) is 4.74. The maximum atomic E-state index is 12.9. The Morgan fingerprint density at radius 1 is 1.30 bits per heavy atom. The molecule has 0 bridgehead atoms. The van der Waals surface area contributed by atoms with Gasteiger partial charge in [-0.3, -0.25) is 4.79 Å². The van der Waals surface area contributed by atoms with Crippen molar-refractivity contribution in [1.29, 1.82) is 0 Å². The highest BCUT2D eigenvalue weighted by molar-refractivity contribution is 7.99. The molecule has 0 fully saturated rings. The monoisotopic (exact) mass is 339 g/mol. The molecule has 0 radical (unpaired) electrons. The van der Waals surface area contributed by atoms with E-state index in [2.05, 4.69) is 6.58 Å². The molecule has 1 aromatic carbocycles. The minimum atomic E-state index is -4.44. The summed E-state index contributed by atoms with van der Waals surface area (Å²) in [4.78, 5) is 13.0. The van der Waals surface area contributed by atoms with Gasteiger partial charge in [0.25, 0.3) is 0 Å². The van der Waals surface area contributed by atoms with Crippen LogP contribution in [0.4, 0.5) is 13.2 Å². The molecule has 122 valence electrons. The second-order valence-corrected chi connectivity index (χ2v) is 6.37. The van der Waals surface area contributed by atoms with Gasteiger partial charge in [-0.2, -0.15) is 13.2 Å². The second-order valence-electron chi connectivity index (χ2n) is 5.36. The second kappa shape index (κ2) is 6.66. The molecule has 0 saturated heterocycles. The Morgan fingerprint density at radius 2 is 2.00 bits per heavy atom. The van der Waals surface area contributed by atoms with Crippen LogP contribution in [0.1, 0.15) is 12.5 Å². The van der Waals surface area contributed by atoms with Crippen LogP contribution < -0.4 is 5.43 Å². The van der Waals surface area contributed by atoms with Crippen molar-refractivity contribution in [2.24, 2.45) is 7.05 Å². The highest BCUT2D eigenvalue weighted by Crippen LogP contribution is 2.31. The molecule has 2 aromatic rings. The SMILES string of the molecule is C=C(C)CSc1cn(C)cc(-c2cccc(C(F)(F)F)c2)c1=O. The van der Waals surface area contributed by atoms with Gasteiger partial charge in [-0.1, -0.05) is 24.3 Å². The maximum Gasteiger partial charge on any atom is 0.416 e. The van der Waals surface area contributed by atoms with E-state index in [-0.39, 0.29) is 16.6 Å². The molecule has 0 aliphatic carbocycles. The van der Waals surface area contributed by atoms with Gasteiger partial charge in [0, 0.05) is 30.8 Å². The molecule has 0 aliphatic heterocycles. The summed E-state index contributed by atoms with van der Waals surface area (Å²) in [6.07, 6.45) is -1.22. The number of benzene rings is 1. The third-order valence-corrected chi connectivity index (χ3v) is 4.34. The van der Waals surface area contributed by atoms with Crippen LogP contribution in [0.5, 0.6) is 0 Å². The first-order valence-electron chi connectivity index (χ1n) is 6.83. The van der Waals surface area contributed by atoms with Crippen LogP contribution in [0.2, 0.25) is 0 Å². The van der Waals surface area contributed by atoms with Crippen LogP contribution in [0.15, 0.2) is 58.5 Å². The van der Waals surface area contributed by atoms with Crippen molar-refractivity contribution in [1.82, 2.24) is 4.57 Å². The lowest BCUT2D eigenvalue weighted by molar-refractivity contribution is -0.137. The predicted molar refractivity (Wildman–Crippen MR) is 87.7 cm³/mol. The number of hydrogen-bond acceptors (Lipinski definition) is 2. The molecule has 0 aliphatic rings. The van der Waals surface area contributed by atoms with E-state index in [0.29, 0.717) is 10.6 Å². The summed E-state index contributed by atoms with van der Waals surface area (Å²) in [6.45, 7) is 5.64. The number of nitrogens with zero attached hydrogens (tertiary/aromatic N) is 1. The Morgan fingerprint density at radius 3 is 2.61 bits per heavy atom. The standard InChI is InChI=1S/C17H16F3NOS/c1-11(2)10-23-15-9-21(3)8-14(16(15)22)12-5-4-6-13(7-12)17(18,19)20/h4-9H,1,10H2,2-3H3. The van der Waals surface area contributed by atoms with Crippen LogP contribution >= 0.6 is 11.8 Å². The zero-order chi connectivity index (χ0) is 17.2. The number of thioether (sulfide) groups is 1. The molecule has 2 rings (SSSR count). The van der Waals surface area contributed by atoms with Crippen LogP contribution in [-0.4, -0.2) is 10.3 Å². The quantitative estimate of drug-likeness (QED) is 0.593. The molecule has 0 spiro atoms. The van der Waals surface area contributed by atoms with Gasteiger partial charge in [0.05, 0.1) is 10.5 Å². The van der Waals surface area contributed by atoms with Crippen molar-refractivity contribution in [2.75, 3.05) is 5.75 Å². The first kappa shape index (κ1) is 17.4. The van der Waals surface area contributed by atoms with Gasteiger partial charge >= 0.3 is 6.18 Å². The number of halogens is 3. The fourth-order valence-corrected chi connectivity index (χ4v) is 2.93. The summed E-state index contributed by atoms with van der Waals surface area (Å²) in [7, 11) is 1.74. The van der Waals surface area contributed by atoms with E-state index in [1.165, 1.54) is 23.9 Å². The Hall–Kier alpha value is -1.95. The van der Waals surface area contributed by atoms with Crippen LogP contribution in [0, 0.1) is 0 Å². The molecular weight excluding hydrogens is 323 g/mol. The number of hydrogen-bond donors (Lipinski definition) is 0. The number of aromatic nitrogens is 1. The minimum Gasteiger partial charge on any atom is -0.355 e. The highest BCUT2D eigenvalue weighted by atomic mass is 32.2. The largest absolute Gasteiger partial charge is 0.416 e. The van der Waals surface area contributed by atoms with Crippen LogP contribution in [0.3, 0.4) is 0 Å². The molecule has 0 saturated carbocycles. The van der Waals surface area contributed by atoms with Gasteiger partial charge in [0.15, 0.2) is 0 Å². The maximum absolute atomic E-state index is 12.9. The smallest absolute Gasteiger partial charge is 0.355 e. The average Bonchev–Trinajstić information content (AvgIpc) is 2.47. The van der Waals surface area contributed by atoms with E-state index in [1.54, 1.807) is 24.0 Å². The van der Waals surface area contributed by atoms with E-state index in [0.717, 1.165) is 17.7 Å². The Labute approximate surface area is 136 Å². The lowest BCUT2D eigenvalue weighted by Crippen LogP contribution is -2.12. The van der Waals surface area contributed by atoms with E-state index in [1.807, 2.05) is 6.92 Å². The average molecular weight is 339 g/mol. The lowest BCUT2D eigenvalue weighted by Gasteiger charge is -2.11. The van der Waals surface area contributed by atoms with Crippen molar-refractivity contribution >= 4 is 11.8 Å². The molecule has 0 atom stereocenters. The Bertz CT molecular complexity index is 793. The summed E-state index contributed by atoms with van der Waals surface area (Å²) < 4.78 is 40.2. The molecule has 6 heteroatoms. The Kier molecular flexibility index (Phi) is 5.04. The van der Waals surface area contributed by atoms with Crippen molar-refractivity contribution in [3.63, 3.8) is 0 Å². The first-order chi connectivity index (χ1) is 10.7. The van der Waals surface area contributed by atoms with E-state index in [9.17, 15) is 18.0 Å². The highest BCUT2D eigenvalue weighted by Gasteiger charge is 2.30. The number of pyridine rings is 1. The summed E-state index contributed by atoms with van der Waals surface area (Å²) in [6, 6.07) is 4.82. The molecule has 1 aromatic heterocycles. The minimum absolute atomic E-state index is 0.255. The van der Waals surface area contributed by atoms with Crippen molar-refractivity contribution < 1.29 is 13.2 Å². The van der Waals surface area contributed by atoms with Crippen LogP contribution in [-0.2, 0) is 13.2 Å². The molecule has 0 amide bonds. The lowest BCUT2D eigenvalue weighted by atomic mass is 10.0. The summed E-state index contributed by atoms with van der Waals surface area (Å²) >= 11 is 1.33. The molecule has 23 heavy (non-hydrogen) atoms. The van der Waals surface area contributed by atoms with Gasteiger partial charge < -0.3 is 4.57 Å². The van der Waals surface area contributed by atoms with Crippen molar-refractivity contribution in [3.8, 4) is 11.1 Å². The number of aryl methyl sites for hydroxylation is 1. The normalized spacial score (nSPS) is 11.5. The number of alkyl halides is 3. The van der Waals surface area contributed by atoms with Crippen LogP contribution in [0.25, 0.3) is 11.1 Å². The molecule has 0 unspecified atom stereocenters. The zero-order valence-corrected chi connectivity index (χ0v) is 13.6. The van der Waals surface area contributed by atoms with E-state index in [4.69, 9.17) is 0 Å². The summed E-state index contributed by atoms with van der Waals surface area (Å²) in [5.74, 6) is 0.585. The first-order valence-corrected chi connectivity index (χ1v) is 7.82.